The van der Waals surface area contributed by atoms with Gasteiger partial charge < -0.3 is 0 Å². The van der Waals surface area contributed by atoms with Gasteiger partial charge in [0.25, 0.3) is 10.1 Å². The van der Waals surface area contributed by atoms with Crippen LogP contribution in [0.5, 0.6) is 0 Å². The minimum absolute atomic E-state index is 0.00743. The molecule has 0 unspecified atom stereocenters. The van der Waals surface area contributed by atoms with E-state index in [1.54, 1.807) is 6.19 Å². The number of hydrogen-bond acceptors (Lipinski definition) is 7. The van der Waals surface area contributed by atoms with Crippen LogP contribution in [0, 0.1) is 11.5 Å². The van der Waals surface area contributed by atoms with E-state index < -0.39 is 15.9 Å². The zero-order valence-electron chi connectivity index (χ0n) is 8.08. The number of nitrogens with zero attached hydrogens (tertiary/aromatic N) is 3. The maximum atomic E-state index is 10.4. The SMILES string of the molecule is N#CN=C1C=CNN(NCCS(=O)(=O)O)N1. The van der Waals surface area contributed by atoms with E-state index in [1.807, 2.05) is 0 Å². The van der Waals surface area contributed by atoms with E-state index in [9.17, 15) is 8.42 Å². The molecule has 0 saturated heterocycles. The summed E-state index contributed by atoms with van der Waals surface area (Å²) in [6.07, 6.45) is 4.61. The van der Waals surface area contributed by atoms with Gasteiger partial charge in [0.05, 0.1) is 5.75 Å². The molecule has 1 aliphatic rings. The first-order valence-electron chi connectivity index (χ1n) is 4.16. The van der Waals surface area contributed by atoms with Gasteiger partial charge in [-0.3, -0.25) is 15.4 Å². The molecule has 0 bridgehead atoms. The Morgan fingerprint density at radius 3 is 3.06 bits per heavy atom. The molecule has 0 saturated carbocycles. The molecular formula is C6H10N6O3S. The molecule has 88 valence electrons. The molecular weight excluding hydrogens is 236 g/mol. The molecule has 1 heterocycles. The number of nitrogens with one attached hydrogen (secondary N) is 3. The molecule has 1 aliphatic heterocycles. The number of hydrazine groups is 3. The zero-order valence-corrected chi connectivity index (χ0v) is 8.90. The number of amidine groups is 1. The second kappa shape index (κ2) is 5.42. The number of hydrogen-bond donors (Lipinski definition) is 4. The molecule has 0 radical (unpaired) electrons. The van der Waals surface area contributed by atoms with Crippen molar-refractivity contribution in [3.8, 4) is 6.19 Å². The number of rotatable bonds is 4. The highest BCUT2D eigenvalue weighted by atomic mass is 32.2. The maximum absolute atomic E-state index is 10.4. The molecule has 10 heteroatoms. The Balaban J connectivity index is 2.38. The first kappa shape index (κ1) is 12.4. The first-order chi connectivity index (χ1) is 7.51. The molecule has 9 nitrogen and oxygen atoms in total. The molecule has 1 rings (SSSR count). The van der Waals surface area contributed by atoms with Gasteiger partial charge in [0.1, 0.15) is 0 Å². The summed E-state index contributed by atoms with van der Waals surface area (Å²) in [7, 11) is -3.99. The van der Waals surface area contributed by atoms with Crippen LogP contribution >= 0.6 is 0 Å². The first-order valence-corrected chi connectivity index (χ1v) is 5.77. The summed E-state index contributed by atoms with van der Waals surface area (Å²) in [6, 6.07) is 0. The fraction of sp³-hybridized carbons (Fsp3) is 0.333. The number of aliphatic imine (C=N–C) groups is 1. The lowest BCUT2D eigenvalue weighted by Crippen LogP contribution is -2.59. The van der Waals surface area contributed by atoms with Gasteiger partial charge in [-0.2, -0.15) is 18.7 Å². The Morgan fingerprint density at radius 2 is 2.44 bits per heavy atom. The second-order valence-electron chi connectivity index (χ2n) is 2.70. The second-order valence-corrected chi connectivity index (χ2v) is 4.27. The molecule has 0 aliphatic carbocycles. The van der Waals surface area contributed by atoms with E-state index in [2.05, 4.69) is 21.3 Å². The van der Waals surface area contributed by atoms with Crippen molar-refractivity contribution in [3.05, 3.63) is 12.3 Å². The molecule has 0 atom stereocenters. The van der Waals surface area contributed by atoms with Crippen LogP contribution in [0.1, 0.15) is 0 Å². The third-order valence-electron chi connectivity index (χ3n) is 1.47. The van der Waals surface area contributed by atoms with Crippen molar-refractivity contribution in [3.63, 3.8) is 0 Å². The number of nitriles is 1. The van der Waals surface area contributed by atoms with Gasteiger partial charge in [-0.1, -0.05) is 5.23 Å². The molecule has 0 amide bonds. The van der Waals surface area contributed by atoms with Gasteiger partial charge in [0.2, 0.25) is 6.19 Å². The van der Waals surface area contributed by atoms with E-state index in [1.165, 1.54) is 17.5 Å². The zero-order chi connectivity index (χ0) is 12.0. The lowest BCUT2D eigenvalue weighted by Gasteiger charge is -2.26. The summed E-state index contributed by atoms with van der Waals surface area (Å²) < 4.78 is 29.3. The summed E-state index contributed by atoms with van der Waals surface area (Å²) in [5, 5.41) is 9.51. The van der Waals surface area contributed by atoms with Crippen molar-refractivity contribution < 1.29 is 13.0 Å². The molecule has 0 aromatic carbocycles. The highest BCUT2D eigenvalue weighted by Crippen LogP contribution is 1.86. The summed E-state index contributed by atoms with van der Waals surface area (Å²) in [5.41, 5.74) is 7.87. The van der Waals surface area contributed by atoms with Crippen LogP contribution in [0.3, 0.4) is 0 Å². The average Bonchev–Trinajstić information content (AvgIpc) is 2.17. The average molecular weight is 246 g/mol. The standard InChI is InChI=1S/C6H10N6O3S/c7-5-8-6-1-2-9-12(11-6)10-3-4-16(13,14)15/h1-2,9-10H,3-4H2,(H,8,11)(H,13,14,15). The van der Waals surface area contributed by atoms with Crippen molar-refractivity contribution in [2.24, 2.45) is 4.99 Å². The molecule has 0 aromatic heterocycles. The predicted molar refractivity (Wildman–Crippen MR) is 54.7 cm³/mol. The van der Waals surface area contributed by atoms with Crippen LogP contribution in [0.2, 0.25) is 0 Å². The molecule has 0 aromatic rings. The maximum Gasteiger partial charge on any atom is 0.266 e. The van der Waals surface area contributed by atoms with Gasteiger partial charge in [0, 0.05) is 12.7 Å². The van der Waals surface area contributed by atoms with Gasteiger partial charge in [-0.05, 0) is 6.08 Å². The summed E-state index contributed by atoms with van der Waals surface area (Å²) in [4.78, 5) is 3.43. The molecule has 16 heavy (non-hydrogen) atoms. The van der Waals surface area contributed by atoms with E-state index in [4.69, 9.17) is 9.81 Å². The Labute approximate surface area is 92.1 Å². The minimum Gasteiger partial charge on any atom is -0.295 e. The Kier molecular flexibility index (Phi) is 4.20. The molecule has 0 fully saturated rings. The van der Waals surface area contributed by atoms with E-state index in [0.717, 1.165) is 0 Å². The van der Waals surface area contributed by atoms with E-state index in [0.29, 0.717) is 5.84 Å². The van der Waals surface area contributed by atoms with Crippen LogP contribution in [0.25, 0.3) is 0 Å². The third-order valence-corrected chi connectivity index (χ3v) is 2.19. The van der Waals surface area contributed by atoms with Crippen LogP contribution in [-0.2, 0) is 10.1 Å². The van der Waals surface area contributed by atoms with Crippen molar-refractivity contribution in [1.82, 2.24) is 21.5 Å². The van der Waals surface area contributed by atoms with Gasteiger partial charge >= 0.3 is 0 Å². The van der Waals surface area contributed by atoms with Crippen LogP contribution in [0.4, 0.5) is 0 Å². The lowest BCUT2D eigenvalue weighted by atomic mass is 10.5. The highest BCUT2D eigenvalue weighted by Gasteiger charge is 2.10. The smallest absolute Gasteiger partial charge is 0.266 e. The van der Waals surface area contributed by atoms with Crippen molar-refractivity contribution in [2.75, 3.05) is 12.3 Å². The fourth-order valence-corrected chi connectivity index (χ4v) is 1.21. The van der Waals surface area contributed by atoms with Gasteiger partial charge in [0.15, 0.2) is 5.84 Å². The van der Waals surface area contributed by atoms with E-state index in [-0.39, 0.29) is 6.54 Å². The Hall–Kier alpha value is -1.67. The largest absolute Gasteiger partial charge is 0.295 e. The lowest BCUT2D eigenvalue weighted by molar-refractivity contribution is 0.104. The molecule has 4 N–H and O–H groups in total. The normalized spacial score (nSPS) is 18.9. The molecule has 0 spiro atoms. The summed E-state index contributed by atoms with van der Waals surface area (Å²) >= 11 is 0. The summed E-state index contributed by atoms with van der Waals surface area (Å²) in [5.74, 6) is -0.137. The van der Waals surface area contributed by atoms with Crippen molar-refractivity contribution in [1.29, 1.82) is 5.26 Å². The monoisotopic (exact) mass is 246 g/mol. The van der Waals surface area contributed by atoms with Gasteiger partial charge in [-0.25, -0.2) is 5.43 Å². The Morgan fingerprint density at radius 1 is 1.69 bits per heavy atom. The topological polar surface area (TPSA) is 130 Å². The highest BCUT2D eigenvalue weighted by molar-refractivity contribution is 7.85. The quantitative estimate of drug-likeness (QED) is 0.334. The fourth-order valence-electron chi connectivity index (χ4n) is 0.863. The van der Waals surface area contributed by atoms with E-state index >= 15 is 0 Å². The van der Waals surface area contributed by atoms with Gasteiger partial charge in [-0.15, -0.1) is 0 Å². The third kappa shape index (κ3) is 4.71. The van der Waals surface area contributed by atoms with Crippen molar-refractivity contribution >= 4 is 16.0 Å². The summed E-state index contributed by atoms with van der Waals surface area (Å²) in [6.45, 7) is -0.00743. The van der Waals surface area contributed by atoms with Crippen LogP contribution in [-0.4, -0.2) is 36.3 Å². The minimum atomic E-state index is -3.99. The predicted octanol–water partition coefficient (Wildman–Crippen LogP) is -1.90. The van der Waals surface area contributed by atoms with Crippen molar-refractivity contribution in [2.45, 2.75) is 0 Å². The van der Waals surface area contributed by atoms with Crippen LogP contribution < -0.4 is 16.3 Å². The Bertz CT molecular complexity index is 436. The van der Waals surface area contributed by atoms with Crippen LogP contribution in [0.15, 0.2) is 17.3 Å².